The largest absolute Gasteiger partial charge is 0.368 e. The second-order valence-electron chi connectivity index (χ2n) is 6.18. The fourth-order valence-corrected chi connectivity index (χ4v) is 3.44. The van der Waals surface area contributed by atoms with Crippen molar-refractivity contribution in [2.24, 2.45) is 0 Å². The van der Waals surface area contributed by atoms with Crippen LogP contribution >= 0.6 is 0 Å². The normalized spacial score (nSPS) is 11.4. The number of aromatic nitrogens is 2. The van der Waals surface area contributed by atoms with E-state index in [-0.39, 0.29) is 0 Å². The molecule has 0 atom stereocenters. The molecular weight excluding hydrogens is 306 g/mol. The van der Waals surface area contributed by atoms with Crippen LogP contribution in [0.15, 0.2) is 78.9 Å². The smallest absolute Gasteiger partial charge is 0.221 e. The molecule has 0 radical (unpaired) electrons. The molecule has 0 aliphatic rings. The van der Waals surface area contributed by atoms with Crippen LogP contribution in [0.1, 0.15) is 0 Å². The first kappa shape index (κ1) is 13.9. The molecule has 0 saturated heterocycles. The summed E-state index contributed by atoms with van der Waals surface area (Å²) in [4.78, 5) is 9.07. The van der Waals surface area contributed by atoms with Crippen LogP contribution in [0.4, 0.5) is 5.95 Å². The molecule has 25 heavy (non-hydrogen) atoms. The lowest BCUT2D eigenvalue weighted by molar-refractivity contribution is 1.25. The van der Waals surface area contributed by atoms with Crippen molar-refractivity contribution in [2.45, 2.75) is 0 Å². The average Bonchev–Trinajstić information content (AvgIpc) is 2.67. The van der Waals surface area contributed by atoms with E-state index >= 15 is 0 Å². The van der Waals surface area contributed by atoms with E-state index in [4.69, 9.17) is 5.73 Å². The summed E-state index contributed by atoms with van der Waals surface area (Å²) in [5.41, 5.74) is 8.86. The number of benzene rings is 4. The van der Waals surface area contributed by atoms with Gasteiger partial charge in [0.05, 0.1) is 11.2 Å². The van der Waals surface area contributed by atoms with E-state index in [2.05, 4.69) is 64.6 Å². The first-order valence-corrected chi connectivity index (χ1v) is 8.24. The van der Waals surface area contributed by atoms with Crippen molar-refractivity contribution in [3.8, 4) is 11.3 Å². The van der Waals surface area contributed by atoms with E-state index in [1.54, 1.807) is 0 Å². The predicted octanol–water partition coefficient (Wildman–Crippen LogP) is 5.19. The molecule has 2 N–H and O–H groups in total. The van der Waals surface area contributed by atoms with Crippen molar-refractivity contribution in [1.29, 1.82) is 0 Å². The van der Waals surface area contributed by atoms with Gasteiger partial charge in [0.1, 0.15) is 0 Å². The van der Waals surface area contributed by atoms with Crippen LogP contribution in [-0.4, -0.2) is 9.97 Å². The maximum absolute atomic E-state index is 6.04. The van der Waals surface area contributed by atoms with Crippen LogP contribution in [0, 0.1) is 0 Å². The summed E-state index contributed by atoms with van der Waals surface area (Å²) >= 11 is 0. The Morgan fingerprint density at radius 2 is 1.32 bits per heavy atom. The summed E-state index contributed by atoms with van der Waals surface area (Å²) in [5.74, 6) is 0.298. The zero-order valence-corrected chi connectivity index (χ0v) is 13.5. The summed E-state index contributed by atoms with van der Waals surface area (Å²) in [7, 11) is 0. The minimum atomic E-state index is 0.298. The summed E-state index contributed by atoms with van der Waals surface area (Å²) in [6.07, 6.45) is 0. The van der Waals surface area contributed by atoms with E-state index in [0.29, 0.717) is 5.95 Å². The van der Waals surface area contributed by atoms with Gasteiger partial charge in [0.15, 0.2) is 0 Å². The highest BCUT2D eigenvalue weighted by atomic mass is 15.0. The number of nitrogens with zero attached hydrogens (tertiary/aromatic N) is 2. The van der Waals surface area contributed by atoms with Crippen LogP contribution in [0.5, 0.6) is 0 Å². The van der Waals surface area contributed by atoms with Crippen LogP contribution in [0.3, 0.4) is 0 Å². The molecule has 3 heteroatoms. The third kappa shape index (κ3) is 2.21. The number of hydrogen-bond donors (Lipinski definition) is 1. The molecule has 0 bridgehead atoms. The van der Waals surface area contributed by atoms with Crippen molar-refractivity contribution < 1.29 is 0 Å². The van der Waals surface area contributed by atoms with Crippen LogP contribution in [0.2, 0.25) is 0 Å². The number of fused-ring (bicyclic) bond motifs is 4. The van der Waals surface area contributed by atoms with E-state index in [1.165, 1.54) is 10.8 Å². The predicted molar refractivity (Wildman–Crippen MR) is 104 cm³/mol. The summed E-state index contributed by atoms with van der Waals surface area (Å²) < 4.78 is 0. The molecule has 0 aliphatic heterocycles. The Kier molecular flexibility index (Phi) is 2.94. The van der Waals surface area contributed by atoms with Gasteiger partial charge in [0.25, 0.3) is 0 Å². The van der Waals surface area contributed by atoms with Gasteiger partial charge in [-0.2, -0.15) is 0 Å². The lowest BCUT2D eigenvalue weighted by Gasteiger charge is -2.10. The summed E-state index contributed by atoms with van der Waals surface area (Å²) in [6, 6.07) is 27.1. The van der Waals surface area contributed by atoms with Crippen LogP contribution in [-0.2, 0) is 0 Å². The minimum absolute atomic E-state index is 0.298. The number of anilines is 1. The molecule has 0 saturated carbocycles. The van der Waals surface area contributed by atoms with E-state index in [9.17, 15) is 0 Å². The molecule has 0 unspecified atom stereocenters. The molecule has 0 aliphatic carbocycles. The number of hydrogen-bond acceptors (Lipinski definition) is 3. The Balaban J connectivity index is 1.87. The molecule has 3 nitrogen and oxygen atoms in total. The van der Waals surface area contributed by atoms with Gasteiger partial charge in [0.2, 0.25) is 5.95 Å². The third-order valence-electron chi connectivity index (χ3n) is 4.63. The monoisotopic (exact) mass is 321 g/mol. The van der Waals surface area contributed by atoms with Crippen molar-refractivity contribution in [3.63, 3.8) is 0 Å². The molecule has 0 spiro atoms. The Morgan fingerprint density at radius 1 is 0.600 bits per heavy atom. The van der Waals surface area contributed by atoms with Gasteiger partial charge >= 0.3 is 0 Å². The number of rotatable bonds is 1. The van der Waals surface area contributed by atoms with Gasteiger partial charge in [-0.15, -0.1) is 0 Å². The Hall–Kier alpha value is -3.46. The standard InChI is InChI=1S/C22H15N3/c23-22-24-20(17-10-9-14-5-1-2-7-16(14)13-17)19-12-11-15-6-3-4-8-18(15)21(19)25-22/h1-13H,(H2,23,24,25). The van der Waals surface area contributed by atoms with E-state index in [0.717, 1.165) is 32.9 Å². The summed E-state index contributed by atoms with van der Waals surface area (Å²) in [5, 5.41) is 5.66. The lowest BCUT2D eigenvalue weighted by atomic mass is 10.00. The fraction of sp³-hybridized carbons (Fsp3) is 0. The zero-order chi connectivity index (χ0) is 16.8. The van der Waals surface area contributed by atoms with Gasteiger partial charge in [-0.25, -0.2) is 9.97 Å². The van der Waals surface area contributed by atoms with Crippen LogP contribution in [0.25, 0.3) is 43.7 Å². The highest BCUT2D eigenvalue weighted by molar-refractivity contribution is 6.09. The fourth-order valence-electron chi connectivity index (χ4n) is 3.44. The van der Waals surface area contributed by atoms with Crippen molar-refractivity contribution in [2.75, 3.05) is 5.73 Å². The molecular formula is C22H15N3. The minimum Gasteiger partial charge on any atom is -0.368 e. The molecule has 0 amide bonds. The van der Waals surface area contributed by atoms with Crippen LogP contribution < -0.4 is 5.73 Å². The first-order valence-electron chi connectivity index (χ1n) is 8.24. The average molecular weight is 321 g/mol. The second kappa shape index (κ2) is 5.28. The molecule has 5 aromatic rings. The van der Waals surface area contributed by atoms with E-state index < -0.39 is 0 Å². The molecule has 0 fully saturated rings. The zero-order valence-electron chi connectivity index (χ0n) is 13.5. The molecule has 5 rings (SSSR count). The Labute approximate surface area is 144 Å². The molecule has 1 heterocycles. The molecule has 1 aromatic heterocycles. The van der Waals surface area contributed by atoms with Gasteiger partial charge in [0, 0.05) is 16.3 Å². The Bertz CT molecular complexity index is 1260. The molecule has 118 valence electrons. The van der Waals surface area contributed by atoms with Gasteiger partial charge in [-0.05, 0) is 28.3 Å². The van der Waals surface area contributed by atoms with Gasteiger partial charge < -0.3 is 5.73 Å². The maximum Gasteiger partial charge on any atom is 0.221 e. The first-order chi connectivity index (χ1) is 12.3. The number of nitrogens with two attached hydrogens (primary N) is 1. The highest BCUT2D eigenvalue weighted by Crippen LogP contribution is 2.32. The quantitative estimate of drug-likeness (QED) is 0.432. The lowest BCUT2D eigenvalue weighted by Crippen LogP contribution is -1.98. The number of nitrogen functional groups attached to an aromatic ring is 1. The molecule has 4 aromatic carbocycles. The Morgan fingerprint density at radius 3 is 2.20 bits per heavy atom. The SMILES string of the molecule is Nc1nc(-c2ccc3ccccc3c2)c2ccc3ccccc3c2n1. The van der Waals surface area contributed by atoms with Crippen molar-refractivity contribution in [1.82, 2.24) is 9.97 Å². The van der Waals surface area contributed by atoms with Crippen molar-refractivity contribution >= 4 is 38.4 Å². The van der Waals surface area contributed by atoms with Gasteiger partial charge in [-0.1, -0.05) is 66.7 Å². The summed E-state index contributed by atoms with van der Waals surface area (Å²) in [6.45, 7) is 0. The second-order valence-corrected chi connectivity index (χ2v) is 6.18. The highest BCUT2D eigenvalue weighted by Gasteiger charge is 2.11. The van der Waals surface area contributed by atoms with Gasteiger partial charge in [-0.3, -0.25) is 0 Å². The van der Waals surface area contributed by atoms with E-state index in [1.807, 2.05) is 24.3 Å². The third-order valence-corrected chi connectivity index (χ3v) is 4.63. The maximum atomic E-state index is 6.04. The van der Waals surface area contributed by atoms with Crippen molar-refractivity contribution in [3.05, 3.63) is 78.9 Å². The topological polar surface area (TPSA) is 51.8 Å².